The molecule has 9 heteroatoms. The maximum atomic E-state index is 12.8. The molecule has 0 bridgehead atoms. The fraction of sp³-hybridized carbons (Fsp3) is 0.500. The van der Waals surface area contributed by atoms with Crippen molar-refractivity contribution < 1.29 is 24.0 Å². The third-order valence-electron chi connectivity index (χ3n) is 5.50. The Bertz CT molecular complexity index is 898. The fourth-order valence-corrected chi connectivity index (χ4v) is 3.86. The Kier molecular flexibility index (Phi) is 7.38. The summed E-state index contributed by atoms with van der Waals surface area (Å²) in [5.74, 6) is -2.00. The van der Waals surface area contributed by atoms with Crippen LogP contribution in [0.5, 0.6) is 0 Å². The van der Waals surface area contributed by atoms with Gasteiger partial charge in [-0.2, -0.15) is 0 Å². The molecule has 1 saturated heterocycles. The van der Waals surface area contributed by atoms with Crippen molar-refractivity contribution in [2.45, 2.75) is 57.9 Å². The number of nitrogens with one attached hydrogen (secondary N) is 3. The van der Waals surface area contributed by atoms with Crippen LogP contribution in [0.15, 0.2) is 18.2 Å². The van der Waals surface area contributed by atoms with Crippen LogP contribution in [0.25, 0.3) is 0 Å². The highest BCUT2D eigenvalue weighted by atomic mass is 16.2. The largest absolute Gasteiger partial charge is 0.385 e. The first-order valence-electron chi connectivity index (χ1n) is 10.7. The zero-order valence-electron chi connectivity index (χ0n) is 17.7. The van der Waals surface area contributed by atoms with E-state index in [0.29, 0.717) is 6.54 Å². The summed E-state index contributed by atoms with van der Waals surface area (Å²) >= 11 is 0. The highest BCUT2D eigenvalue weighted by Crippen LogP contribution is 2.29. The van der Waals surface area contributed by atoms with E-state index in [9.17, 15) is 24.0 Å². The van der Waals surface area contributed by atoms with Crippen molar-refractivity contribution in [2.24, 2.45) is 0 Å². The van der Waals surface area contributed by atoms with Gasteiger partial charge in [0.2, 0.25) is 17.7 Å². The zero-order chi connectivity index (χ0) is 22.4. The lowest BCUT2D eigenvalue weighted by molar-refractivity contribution is -0.136. The van der Waals surface area contributed by atoms with Crippen molar-refractivity contribution in [2.75, 3.05) is 18.4 Å². The quantitative estimate of drug-likeness (QED) is 0.384. The molecule has 1 fully saturated rings. The summed E-state index contributed by atoms with van der Waals surface area (Å²) in [4.78, 5) is 60.7. The third kappa shape index (κ3) is 5.48. The van der Waals surface area contributed by atoms with Crippen LogP contribution in [-0.2, 0) is 14.4 Å². The number of imide groups is 2. The molecule has 2 aliphatic rings. The molecule has 0 saturated carbocycles. The van der Waals surface area contributed by atoms with Gasteiger partial charge in [0.15, 0.2) is 0 Å². The molecule has 2 heterocycles. The van der Waals surface area contributed by atoms with Gasteiger partial charge in [-0.1, -0.05) is 19.3 Å². The number of carbonyl (C=O) groups is 5. The number of hydrogen-bond acceptors (Lipinski definition) is 6. The lowest BCUT2D eigenvalue weighted by Gasteiger charge is -2.27. The van der Waals surface area contributed by atoms with Gasteiger partial charge >= 0.3 is 0 Å². The highest BCUT2D eigenvalue weighted by Gasteiger charge is 2.44. The molecule has 0 radical (unpaired) electrons. The average Bonchev–Trinajstić information content (AvgIpc) is 2.97. The van der Waals surface area contributed by atoms with Crippen LogP contribution in [0, 0.1) is 0 Å². The van der Waals surface area contributed by atoms with Crippen molar-refractivity contribution in [1.29, 1.82) is 0 Å². The molecule has 1 atom stereocenters. The zero-order valence-corrected chi connectivity index (χ0v) is 17.7. The molecule has 3 rings (SSSR count). The molecule has 0 aromatic heterocycles. The van der Waals surface area contributed by atoms with Crippen LogP contribution < -0.4 is 16.0 Å². The van der Waals surface area contributed by atoms with Crippen molar-refractivity contribution in [3.8, 4) is 0 Å². The summed E-state index contributed by atoms with van der Waals surface area (Å²) in [5, 5.41) is 8.25. The number of nitrogens with zero attached hydrogens (tertiary/aromatic N) is 1. The lowest BCUT2D eigenvalue weighted by Crippen LogP contribution is -2.54. The van der Waals surface area contributed by atoms with Crippen LogP contribution in [0.4, 0.5) is 5.69 Å². The summed E-state index contributed by atoms with van der Waals surface area (Å²) in [5.41, 5.74) is 1.30. The van der Waals surface area contributed by atoms with Crippen molar-refractivity contribution in [3.63, 3.8) is 0 Å². The number of unbranched alkanes of at least 4 members (excludes halogenated alkanes) is 4. The molecule has 1 aromatic rings. The van der Waals surface area contributed by atoms with E-state index in [1.807, 2.05) is 0 Å². The highest BCUT2D eigenvalue weighted by molar-refractivity contribution is 6.23. The van der Waals surface area contributed by atoms with Gasteiger partial charge in [-0.25, -0.2) is 0 Å². The van der Waals surface area contributed by atoms with E-state index in [1.54, 1.807) is 18.2 Å². The molecule has 0 aliphatic carbocycles. The van der Waals surface area contributed by atoms with Gasteiger partial charge in [0, 0.05) is 32.1 Å². The van der Waals surface area contributed by atoms with Gasteiger partial charge in [0.25, 0.3) is 11.8 Å². The van der Waals surface area contributed by atoms with Crippen molar-refractivity contribution in [1.82, 2.24) is 15.5 Å². The van der Waals surface area contributed by atoms with Crippen LogP contribution in [-0.4, -0.2) is 53.6 Å². The number of fused-ring (bicyclic) bond motifs is 1. The molecule has 0 spiro atoms. The van der Waals surface area contributed by atoms with E-state index in [1.165, 1.54) is 6.92 Å². The first-order valence-corrected chi connectivity index (χ1v) is 10.7. The minimum atomic E-state index is -0.952. The van der Waals surface area contributed by atoms with E-state index >= 15 is 0 Å². The van der Waals surface area contributed by atoms with Gasteiger partial charge in [0.1, 0.15) is 6.04 Å². The summed E-state index contributed by atoms with van der Waals surface area (Å²) in [6.45, 7) is 2.97. The first kappa shape index (κ1) is 22.5. The Morgan fingerprint density at radius 2 is 1.68 bits per heavy atom. The summed E-state index contributed by atoms with van der Waals surface area (Å²) < 4.78 is 0. The molecule has 2 aliphatic heterocycles. The van der Waals surface area contributed by atoms with Gasteiger partial charge in [-0.15, -0.1) is 0 Å². The molecule has 31 heavy (non-hydrogen) atoms. The van der Waals surface area contributed by atoms with E-state index in [2.05, 4.69) is 16.0 Å². The number of carbonyl (C=O) groups excluding carboxylic acids is 5. The van der Waals surface area contributed by atoms with Crippen LogP contribution >= 0.6 is 0 Å². The molecular formula is C22H28N4O5. The Hall–Kier alpha value is -3.23. The summed E-state index contributed by atoms with van der Waals surface area (Å²) in [6, 6.07) is 4.05. The van der Waals surface area contributed by atoms with Gasteiger partial charge in [-0.3, -0.25) is 34.2 Å². The molecule has 3 N–H and O–H groups in total. The predicted octanol–water partition coefficient (Wildman–Crippen LogP) is 1.59. The second-order valence-corrected chi connectivity index (χ2v) is 7.89. The lowest BCUT2D eigenvalue weighted by atomic mass is 10.0. The summed E-state index contributed by atoms with van der Waals surface area (Å²) in [6.07, 6.45) is 5.38. The smallest absolute Gasteiger partial charge is 0.262 e. The molecule has 9 nitrogen and oxygen atoms in total. The third-order valence-corrected chi connectivity index (χ3v) is 5.50. The first-order chi connectivity index (χ1) is 14.9. The van der Waals surface area contributed by atoms with E-state index in [-0.39, 0.29) is 29.9 Å². The van der Waals surface area contributed by atoms with Gasteiger partial charge < -0.3 is 10.6 Å². The molecule has 1 unspecified atom stereocenters. The standard InChI is InChI=1S/C22H28N4O5/c1-14(27)23-11-5-3-2-4-6-12-24-15-7-8-16-17(13-15)22(31)26(21(16)30)18-9-10-19(28)25-20(18)29/h7-8,13,18,24H,2-6,9-12H2,1H3,(H,23,27)(H,25,28,29). The number of benzene rings is 1. The van der Waals surface area contributed by atoms with Crippen LogP contribution in [0.3, 0.4) is 0 Å². The Morgan fingerprint density at radius 3 is 2.39 bits per heavy atom. The predicted molar refractivity (Wildman–Crippen MR) is 113 cm³/mol. The van der Waals surface area contributed by atoms with Crippen molar-refractivity contribution in [3.05, 3.63) is 29.3 Å². The van der Waals surface area contributed by atoms with E-state index in [4.69, 9.17) is 0 Å². The number of anilines is 1. The normalized spacial score (nSPS) is 18.1. The Morgan fingerprint density at radius 1 is 1.00 bits per heavy atom. The second kappa shape index (κ2) is 10.2. The number of piperidine rings is 1. The van der Waals surface area contributed by atoms with Gasteiger partial charge in [0.05, 0.1) is 11.1 Å². The molecule has 166 valence electrons. The molecular weight excluding hydrogens is 400 g/mol. The maximum Gasteiger partial charge on any atom is 0.262 e. The topological polar surface area (TPSA) is 125 Å². The monoisotopic (exact) mass is 428 g/mol. The Balaban J connectivity index is 1.47. The van der Waals surface area contributed by atoms with Crippen LogP contribution in [0.2, 0.25) is 0 Å². The maximum absolute atomic E-state index is 12.8. The SMILES string of the molecule is CC(=O)NCCCCCCCNc1ccc2c(c1)C(=O)N(C1CCC(=O)NC1=O)C2=O. The molecule has 5 amide bonds. The van der Waals surface area contributed by atoms with Crippen molar-refractivity contribution >= 4 is 35.2 Å². The second-order valence-electron chi connectivity index (χ2n) is 7.89. The van der Waals surface area contributed by atoms with E-state index in [0.717, 1.165) is 49.2 Å². The van der Waals surface area contributed by atoms with Gasteiger partial charge in [-0.05, 0) is 37.5 Å². The molecule has 1 aromatic carbocycles. The van der Waals surface area contributed by atoms with Crippen LogP contribution in [0.1, 0.15) is 72.6 Å². The summed E-state index contributed by atoms with van der Waals surface area (Å²) in [7, 11) is 0. The average molecular weight is 428 g/mol. The number of amides is 5. The minimum Gasteiger partial charge on any atom is -0.385 e. The minimum absolute atomic E-state index is 0.000966. The fourth-order valence-electron chi connectivity index (χ4n) is 3.86. The van der Waals surface area contributed by atoms with E-state index < -0.39 is 29.7 Å². The number of hydrogen-bond donors (Lipinski definition) is 3. The number of rotatable bonds is 10. The Labute approximate surface area is 180 Å².